The summed E-state index contributed by atoms with van der Waals surface area (Å²) in [5.74, 6) is 0. The van der Waals surface area contributed by atoms with Crippen molar-refractivity contribution in [3.8, 4) is 0 Å². The molecule has 1 aromatic carbocycles. The lowest BCUT2D eigenvalue weighted by atomic mass is 10.1. The van der Waals surface area contributed by atoms with Gasteiger partial charge in [0.15, 0.2) is 0 Å². The number of fused-ring (bicyclic) bond motifs is 1. The Bertz CT molecular complexity index is 720. The molecule has 3 aromatic rings. The maximum Gasteiger partial charge on any atom is 0.101 e. The molecule has 1 N–H and O–H groups in total. The minimum atomic E-state index is -0.578. The highest BCUT2D eigenvalue weighted by Gasteiger charge is 2.14. The van der Waals surface area contributed by atoms with Crippen LogP contribution in [0.3, 0.4) is 0 Å². The lowest BCUT2D eigenvalue weighted by molar-refractivity contribution is 0.168. The van der Waals surface area contributed by atoms with Crippen LogP contribution in [0, 0.1) is 0 Å². The number of benzene rings is 1. The average molecular weight is 267 g/mol. The van der Waals surface area contributed by atoms with E-state index in [4.69, 9.17) is 0 Å². The topological polar surface area (TPSA) is 50.9 Å². The van der Waals surface area contributed by atoms with E-state index in [1.165, 1.54) is 0 Å². The third-order valence-electron chi connectivity index (χ3n) is 3.49. The molecule has 4 heteroatoms. The van der Waals surface area contributed by atoms with Crippen LogP contribution in [0.5, 0.6) is 0 Å². The predicted molar refractivity (Wildman–Crippen MR) is 78.3 cm³/mol. The molecule has 4 nitrogen and oxygen atoms in total. The highest BCUT2D eigenvalue weighted by molar-refractivity contribution is 5.78. The number of aryl methyl sites for hydroxylation is 1. The Morgan fingerprint density at radius 2 is 2.05 bits per heavy atom. The number of aliphatic hydroxyl groups excluding tert-OH is 1. The maximum atomic E-state index is 10.3. The lowest BCUT2D eigenvalue weighted by Gasteiger charge is -2.12. The molecule has 3 rings (SSSR count). The largest absolute Gasteiger partial charge is 0.386 e. The Hall–Kier alpha value is -2.20. The Kier molecular flexibility index (Phi) is 3.48. The fraction of sp³-hybridized carbons (Fsp3) is 0.250. The Labute approximate surface area is 117 Å². The zero-order valence-corrected chi connectivity index (χ0v) is 11.4. The average Bonchev–Trinajstić information content (AvgIpc) is 2.95. The van der Waals surface area contributed by atoms with Gasteiger partial charge in [-0.05, 0) is 19.1 Å². The Balaban J connectivity index is 1.85. The number of aromatic nitrogens is 3. The van der Waals surface area contributed by atoms with E-state index in [1.54, 1.807) is 12.5 Å². The highest BCUT2D eigenvalue weighted by Crippen LogP contribution is 2.19. The number of aliphatic hydroxyl groups is 1. The van der Waals surface area contributed by atoms with Crippen molar-refractivity contribution in [1.29, 1.82) is 0 Å². The second kappa shape index (κ2) is 5.43. The first-order chi connectivity index (χ1) is 9.78. The lowest BCUT2D eigenvalue weighted by Crippen LogP contribution is -2.09. The van der Waals surface area contributed by atoms with Gasteiger partial charge in [-0.3, -0.25) is 4.98 Å². The van der Waals surface area contributed by atoms with E-state index >= 15 is 0 Å². The van der Waals surface area contributed by atoms with Crippen molar-refractivity contribution < 1.29 is 5.11 Å². The first-order valence-electron chi connectivity index (χ1n) is 6.80. The van der Waals surface area contributed by atoms with Gasteiger partial charge < -0.3 is 9.67 Å². The number of rotatable bonds is 4. The van der Waals surface area contributed by atoms with E-state index in [1.807, 2.05) is 47.9 Å². The molecule has 1 atom stereocenters. The summed E-state index contributed by atoms with van der Waals surface area (Å²) in [7, 11) is 0. The summed E-state index contributed by atoms with van der Waals surface area (Å²) >= 11 is 0. The first-order valence-corrected chi connectivity index (χ1v) is 6.80. The standard InChI is InChI=1S/C16H17N3O/c1-2-19-11-17-10-15(19)16(20)9-13-8-7-12-5-3-4-6-14(12)18-13/h3-8,10-11,16,20H,2,9H2,1H3. The number of imidazole rings is 1. The van der Waals surface area contributed by atoms with Crippen LogP contribution in [0.15, 0.2) is 48.9 Å². The smallest absolute Gasteiger partial charge is 0.101 e. The zero-order chi connectivity index (χ0) is 13.9. The summed E-state index contributed by atoms with van der Waals surface area (Å²) in [5, 5.41) is 11.5. The van der Waals surface area contributed by atoms with E-state index in [9.17, 15) is 5.11 Å². The molecule has 0 radical (unpaired) electrons. The highest BCUT2D eigenvalue weighted by atomic mass is 16.3. The maximum absolute atomic E-state index is 10.3. The van der Waals surface area contributed by atoms with Gasteiger partial charge in [0.1, 0.15) is 6.10 Å². The number of hydrogen-bond acceptors (Lipinski definition) is 3. The van der Waals surface area contributed by atoms with E-state index in [2.05, 4.69) is 9.97 Å². The van der Waals surface area contributed by atoms with Gasteiger partial charge >= 0.3 is 0 Å². The van der Waals surface area contributed by atoms with Crippen LogP contribution in [0.4, 0.5) is 0 Å². The number of para-hydroxylation sites is 1. The molecular formula is C16H17N3O. The summed E-state index contributed by atoms with van der Waals surface area (Å²) in [6, 6.07) is 12.0. The first kappa shape index (κ1) is 12.8. The van der Waals surface area contributed by atoms with Gasteiger partial charge in [0, 0.05) is 24.0 Å². The molecule has 0 amide bonds. The second-order valence-electron chi connectivity index (χ2n) is 4.82. The predicted octanol–water partition coefficient (Wildman–Crippen LogP) is 2.73. The Morgan fingerprint density at radius 1 is 1.20 bits per heavy atom. The molecule has 0 spiro atoms. The van der Waals surface area contributed by atoms with Crippen molar-refractivity contribution in [3.05, 3.63) is 60.3 Å². The van der Waals surface area contributed by atoms with Crippen LogP contribution in [-0.2, 0) is 13.0 Å². The monoisotopic (exact) mass is 267 g/mol. The van der Waals surface area contributed by atoms with Crippen LogP contribution in [-0.4, -0.2) is 19.6 Å². The molecule has 102 valence electrons. The fourth-order valence-corrected chi connectivity index (χ4v) is 2.40. The van der Waals surface area contributed by atoms with Gasteiger partial charge in [0.05, 0.1) is 23.7 Å². The van der Waals surface area contributed by atoms with Crippen molar-refractivity contribution in [2.75, 3.05) is 0 Å². The third-order valence-corrected chi connectivity index (χ3v) is 3.49. The molecule has 0 aliphatic heterocycles. The number of hydrogen-bond donors (Lipinski definition) is 1. The molecule has 0 saturated carbocycles. The molecule has 20 heavy (non-hydrogen) atoms. The van der Waals surface area contributed by atoms with Gasteiger partial charge in [-0.15, -0.1) is 0 Å². The minimum Gasteiger partial charge on any atom is -0.386 e. The van der Waals surface area contributed by atoms with Crippen LogP contribution < -0.4 is 0 Å². The van der Waals surface area contributed by atoms with Crippen LogP contribution in [0.2, 0.25) is 0 Å². The molecule has 0 saturated heterocycles. The third kappa shape index (κ3) is 2.42. The zero-order valence-electron chi connectivity index (χ0n) is 11.4. The van der Waals surface area contributed by atoms with E-state index in [0.717, 1.165) is 28.8 Å². The van der Waals surface area contributed by atoms with Crippen molar-refractivity contribution >= 4 is 10.9 Å². The molecule has 1 unspecified atom stereocenters. The van der Waals surface area contributed by atoms with Crippen molar-refractivity contribution in [3.63, 3.8) is 0 Å². The van der Waals surface area contributed by atoms with Crippen LogP contribution in [0.1, 0.15) is 24.4 Å². The fourth-order valence-electron chi connectivity index (χ4n) is 2.40. The van der Waals surface area contributed by atoms with Gasteiger partial charge in [0.25, 0.3) is 0 Å². The summed E-state index contributed by atoms with van der Waals surface area (Å²) in [6.07, 6.45) is 3.38. The molecule has 0 fully saturated rings. The summed E-state index contributed by atoms with van der Waals surface area (Å²) < 4.78 is 1.95. The van der Waals surface area contributed by atoms with Gasteiger partial charge in [-0.1, -0.05) is 24.3 Å². The normalized spacial score (nSPS) is 12.7. The molecular weight excluding hydrogens is 250 g/mol. The summed E-state index contributed by atoms with van der Waals surface area (Å²) in [6.45, 7) is 2.84. The molecule has 0 aliphatic rings. The Morgan fingerprint density at radius 3 is 2.90 bits per heavy atom. The van der Waals surface area contributed by atoms with E-state index in [0.29, 0.717) is 6.42 Å². The number of pyridine rings is 1. The van der Waals surface area contributed by atoms with Gasteiger partial charge in [0.2, 0.25) is 0 Å². The van der Waals surface area contributed by atoms with Crippen molar-refractivity contribution in [2.45, 2.75) is 26.0 Å². The molecule has 0 bridgehead atoms. The molecule has 0 aliphatic carbocycles. The van der Waals surface area contributed by atoms with Crippen molar-refractivity contribution in [1.82, 2.24) is 14.5 Å². The second-order valence-corrected chi connectivity index (χ2v) is 4.82. The minimum absolute atomic E-state index is 0.497. The van der Waals surface area contributed by atoms with Crippen molar-refractivity contribution in [2.24, 2.45) is 0 Å². The quantitative estimate of drug-likeness (QED) is 0.790. The molecule has 2 heterocycles. The van der Waals surface area contributed by atoms with E-state index < -0.39 is 6.10 Å². The van der Waals surface area contributed by atoms with Crippen LogP contribution >= 0.6 is 0 Å². The van der Waals surface area contributed by atoms with Crippen LogP contribution in [0.25, 0.3) is 10.9 Å². The number of nitrogens with zero attached hydrogens (tertiary/aromatic N) is 3. The van der Waals surface area contributed by atoms with E-state index in [-0.39, 0.29) is 0 Å². The summed E-state index contributed by atoms with van der Waals surface area (Å²) in [4.78, 5) is 8.68. The summed E-state index contributed by atoms with van der Waals surface area (Å²) in [5.41, 5.74) is 2.68. The SMILES string of the molecule is CCn1cncc1C(O)Cc1ccc2ccccc2n1. The van der Waals surface area contributed by atoms with Gasteiger partial charge in [-0.2, -0.15) is 0 Å². The van der Waals surface area contributed by atoms with Gasteiger partial charge in [-0.25, -0.2) is 4.98 Å². The molecule has 2 aromatic heterocycles.